The Labute approximate surface area is 194 Å². The molecular weight excluding hydrogens is 448 g/mol. The normalized spacial score (nSPS) is 15.8. The minimum atomic E-state index is -0.405. The number of methoxy groups -OCH3 is 1. The summed E-state index contributed by atoms with van der Waals surface area (Å²) >= 11 is 0.857. The number of fused-ring (bicyclic) bond motifs is 1. The fraction of sp³-hybridized carbons (Fsp3) is 0.261. The van der Waals surface area contributed by atoms with E-state index in [-0.39, 0.29) is 37.6 Å². The summed E-state index contributed by atoms with van der Waals surface area (Å²) in [6.45, 7) is 2.04. The van der Waals surface area contributed by atoms with E-state index >= 15 is 0 Å². The van der Waals surface area contributed by atoms with Crippen molar-refractivity contribution in [3.8, 4) is 23.0 Å². The lowest BCUT2D eigenvalue weighted by atomic mass is 10.2. The number of ether oxygens (including phenoxy) is 4. The van der Waals surface area contributed by atoms with Crippen LogP contribution >= 0.6 is 11.8 Å². The van der Waals surface area contributed by atoms with Crippen LogP contribution in [-0.4, -0.2) is 55.6 Å². The quantitative estimate of drug-likeness (QED) is 0.588. The second-order valence-electron chi connectivity index (χ2n) is 7.24. The number of thioether (sulfide) groups is 1. The van der Waals surface area contributed by atoms with E-state index in [9.17, 15) is 14.4 Å². The molecule has 0 aliphatic carbocycles. The second kappa shape index (κ2) is 9.86. The molecule has 0 spiro atoms. The zero-order valence-electron chi connectivity index (χ0n) is 18.1. The van der Waals surface area contributed by atoms with Gasteiger partial charge in [-0.3, -0.25) is 19.3 Å². The van der Waals surface area contributed by atoms with Crippen molar-refractivity contribution >= 4 is 34.9 Å². The van der Waals surface area contributed by atoms with Crippen LogP contribution in [0.3, 0.4) is 0 Å². The maximum Gasteiger partial charge on any atom is 0.293 e. The fourth-order valence-electron chi connectivity index (χ4n) is 3.24. The molecule has 0 radical (unpaired) electrons. The Morgan fingerprint density at radius 3 is 2.79 bits per heavy atom. The van der Waals surface area contributed by atoms with E-state index in [1.807, 2.05) is 19.1 Å². The highest BCUT2D eigenvalue weighted by molar-refractivity contribution is 8.18. The zero-order valence-corrected chi connectivity index (χ0v) is 18.9. The third-order valence-corrected chi connectivity index (χ3v) is 5.81. The van der Waals surface area contributed by atoms with Crippen molar-refractivity contribution < 1.29 is 33.3 Å². The van der Waals surface area contributed by atoms with E-state index in [1.54, 1.807) is 30.3 Å². The Kier molecular flexibility index (Phi) is 6.74. The van der Waals surface area contributed by atoms with Crippen molar-refractivity contribution in [2.24, 2.45) is 0 Å². The molecule has 0 unspecified atom stereocenters. The molecule has 2 aromatic carbocycles. The second-order valence-corrected chi connectivity index (χ2v) is 8.23. The first kappa shape index (κ1) is 22.5. The average Bonchev–Trinajstić information content (AvgIpc) is 3.37. The molecule has 2 heterocycles. The van der Waals surface area contributed by atoms with Gasteiger partial charge in [0.25, 0.3) is 17.1 Å². The fourth-order valence-corrected chi connectivity index (χ4v) is 4.11. The van der Waals surface area contributed by atoms with E-state index in [0.29, 0.717) is 27.9 Å². The minimum absolute atomic E-state index is 0.0583. The highest BCUT2D eigenvalue weighted by Crippen LogP contribution is 2.36. The lowest BCUT2D eigenvalue weighted by Crippen LogP contribution is -2.38. The van der Waals surface area contributed by atoms with Crippen LogP contribution in [0.4, 0.5) is 4.79 Å². The number of nitrogens with zero attached hydrogens (tertiary/aromatic N) is 1. The molecule has 4 rings (SSSR count). The summed E-state index contributed by atoms with van der Waals surface area (Å²) in [7, 11) is 1.53. The lowest BCUT2D eigenvalue weighted by molar-refractivity contribution is -0.125. The first-order chi connectivity index (χ1) is 15.9. The van der Waals surface area contributed by atoms with Gasteiger partial charge in [-0.1, -0.05) is 12.1 Å². The van der Waals surface area contributed by atoms with Gasteiger partial charge in [-0.2, -0.15) is 0 Å². The molecule has 0 aromatic heterocycles. The zero-order chi connectivity index (χ0) is 23.4. The van der Waals surface area contributed by atoms with Gasteiger partial charge in [0, 0.05) is 13.1 Å². The molecule has 10 heteroatoms. The minimum Gasteiger partial charge on any atom is -0.493 e. The van der Waals surface area contributed by atoms with E-state index in [2.05, 4.69) is 5.32 Å². The highest BCUT2D eigenvalue weighted by Gasteiger charge is 2.34. The maximum atomic E-state index is 12.6. The van der Waals surface area contributed by atoms with Crippen LogP contribution in [0, 0.1) is 6.92 Å². The Balaban J connectivity index is 1.28. The molecule has 3 amide bonds. The van der Waals surface area contributed by atoms with Crippen molar-refractivity contribution in [1.82, 2.24) is 10.2 Å². The number of carbonyl (C=O) groups is 3. The SMILES string of the molecule is COc1cc(C)ccc1OCC(=O)NCCN1C(=O)SC(=Cc2ccc3c(c2)OCO3)C1=O. The van der Waals surface area contributed by atoms with Gasteiger partial charge in [0.05, 0.1) is 12.0 Å². The van der Waals surface area contributed by atoms with Crippen LogP contribution in [0.15, 0.2) is 41.3 Å². The molecular formula is C23H22N2O7S. The van der Waals surface area contributed by atoms with E-state index in [0.717, 1.165) is 27.8 Å². The Morgan fingerprint density at radius 2 is 1.97 bits per heavy atom. The van der Waals surface area contributed by atoms with Gasteiger partial charge in [-0.15, -0.1) is 0 Å². The van der Waals surface area contributed by atoms with Gasteiger partial charge in [-0.25, -0.2) is 0 Å². The molecule has 0 saturated carbocycles. The number of rotatable bonds is 8. The monoisotopic (exact) mass is 470 g/mol. The largest absolute Gasteiger partial charge is 0.493 e. The Hall–Kier alpha value is -3.66. The number of carbonyl (C=O) groups excluding carboxylic acids is 3. The summed E-state index contributed by atoms with van der Waals surface area (Å²) in [6, 6.07) is 10.7. The van der Waals surface area contributed by atoms with Crippen molar-refractivity contribution in [3.05, 3.63) is 52.4 Å². The number of nitrogens with one attached hydrogen (secondary N) is 1. The van der Waals surface area contributed by atoms with Gasteiger partial charge in [0.1, 0.15) is 0 Å². The molecule has 2 aliphatic rings. The molecule has 1 N–H and O–H groups in total. The summed E-state index contributed by atoms with van der Waals surface area (Å²) in [6.07, 6.45) is 1.63. The van der Waals surface area contributed by atoms with Crippen LogP contribution in [0.25, 0.3) is 6.08 Å². The predicted octanol–water partition coefficient (Wildman–Crippen LogP) is 2.96. The number of benzene rings is 2. The summed E-state index contributed by atoms with van der Waals surface area (Å²) in [5.41, 5.74) is 1.73. The maximum absolute atomic E-state index is 12.6. The molecule has 2 aromatic rings. The third-order valence-electron chi connectivity index (χ3n) is 4.90. The Morgan fingerprint density at radius 1 is 1.15 bits per heavy atom. The molecule has 2 aliphatic heterocycles. The van der Waals surface area contributed by atoms with E-state index in [4.69, 9.17) is 18.9 Å². The van der Waals surface area contributed by atoms with Gasteiger partial charge < -0.3 is 24.3 Å². The number of aryl methyl sites for hydroxylation is 1. The number of hydrogen-bond acceptors (Lipinski definition) is 8. The summed E-state index contributed by atoms with van der Waals surface area (Å²) in [5.74, 6) is 1.45. The summed E-state index contributed by atoms with van der Waals surface area (Å²) < 4.78 is 21.4. The highest BCUT2D eigenvalue weighted by atomic mass is 32.2. The molecule has 33 heavy (non-hydrogen) atoms. The van der Waals surface area contributed by atoms with Gasteiger partial charge >= 0.3 is 0 Å². The van der Waals surface area contributed by atoms with Crippen LogP contribution in [-0.2, 0) is 9.59 Å². The lowest BCUT2D eigenvalue weighted by Gasteiger charge is -2.14. The predicted molar refractivity (Wildman–Crippen MR) is 121 cm³/mol. The van der Waals surface area contributed by atoms with Crippen LogP contribution in [0.5, 0.6) is 23.0 Å². The molecule has 0 atom stereocenters. The van der Waals surface area contributed by atoms with E-state index < -0.39 is 5.91 Å². The smallest absolute Gasteiger partial charge is 0.293 e. The van der Waals surface area contributed by atoms with Gasteiger partial charge in [-0.05, 0) is 60.2 Å². The van der Waals surface area contributed by atoms with Gasteiger partial charge in [0.15, 0.2) is 29.6 Å². The standard InChI is InChI=1S/C23H22N2O7S/c1-14-3-5-16(18(9-14)29-2)30-12-21(26)24-7-8-25-22(27)20(33-23(25)28)11-15-4-6-17-19(10-15)32-13-31-17/h3-6,9-11H,7-8,12-13H2,1-2H3,(H,24,26). The first-order valence-corrected chi connectivity index (χ1v) is 11.0. The third kappa shape index (κ3) is 5.23. The van der Waals surface area contributed by atoms with Crippen LogP contribution in [0.2, 0.25) is 0 Å². The van der Waals surface area contributed by atoms with Crippen LogP contribution in [0.1, 0.15) is 11.1 Å². The van der Waals surface area contributed by atoms with Crippen molar-refractivity contribution in [1.29, 1.82) is 0 Å². The van der Waals surface area contributed by atoms with Gasteiger partial charge in [0.2, 0.25) is 6.79 Å². The number of amides is 3. The summed E-state index contributed by atoms with van der Waals surface area (Å²) in [4.78, 5) is 38.5. The Bertz CT molecular complexity index is 1130. The van der Waals surface area contributed by atoms with Crippen molar-refractivity contribution in [2.45, 2.75) is 6.92 Å². The van der Waals surface area contributed by atoms with Crippen molar-refractivity contribution in [3.63, 3.8) is 0 Å². The topological polar surface area (TPSA) is 103 Å². The number of imide groups is 1. The molecule has 1 fully saturated rings. The first-order valence-electron chi connectivity index (χ1n) is 10.1. The number of hydrogen-bond donors (Lipinski definition) is 1. The van der Waals surface area contributed by atoms with Crippen molar-refractivity contribution in [2.75, 3.05) is 33.6 Å². The summed E-state index contributed by atoms with van der Waals surface area (Å²) in [5, 5.41) is 2.27. The average molecular weight is 471 g/mol. The van der Waals surface area contributed by atoms with E-state index in [1.165, 1.54) is 7.11 Å². The molecule has 9 nitrogen and oxygen atoms in total. The molecule has 0 bridgehead atoms. The van der Waals surface area contributed by atoms with Crippen LogP contribution < -0.4 is 24.3 Å². The molecule has 1 saturated heterocycles. The molecule has 172 valence electrons.